The number of carbonyl (C=O) groups excluding carboxylic acids is 2. The Morgan fingerprint density at radius 1 is 1.09 bits per heavy atom. The maximum atomic E-state index is 12.8. The van der Waals surface area contributed by atoms with Gasteiger partial charge in [-0.15, -0.1) is 0 Å². The minimum atomic E-state index is -1.67. The first kappa shape index (κ1) is 25.7. The Kier molecular flexibility index (Phi) is 7.17. The number of alkyl carbamates (subject to hydrolysis) is 1. The van der Waals surface area contributed by atoms with Crippen LogP contribution in [0.15, 0.2) is 0 Å². The van der Waals surface area contributed by atoms with Gasteiger partial charge in [0, 0.05) is 6.04 Å². The second-order valence-corrected chi connectivity index (χ2v) is 13.8. The van der Waals surface area contributed by atoms with E-state index >= 15 is 0 Å². The second-order valence-electron chi connectivity index (χ2n) is 11.3. The van der Waals surface area contributed by atoms with Crippen molar-refractivity contribution in [3.8, 4) is 0 Å². The van der Waals surface area contributed by atoms with Gasteiger partial charge in [0.1, 0.15) is 6.61 Å². The van der Waals surface area contributed by atoms with Gasteiger partial charge >= 0.3 is 12.1 Å². The molecule has 2 N–H and O–H groups in total. The average Bonchev–Trinajstić information content (AvgIpc) is 3.08. The van der Waals surface area contributed by atoms with E-state index in [-0.39, 0.29) is 47.4 Å². The number of nitrogens with one attached hydrogen (secondary N) is 1. The fraction of sp³-hybridized carbons (Fsp3) is 0.917. The third-order valence-corrected chi connectivity index (χ3v) is 10.1. The summed E-state index contributed by atoms with van der Waals surface area (Å²) in [4.78, 5) is 25.5. The van der Waals surface area contributed by atoms with E-state index in [4.69, 9.17) is 44.3 Å². The molecule has 4 aliphatic carbocycles. The van der Waals surface area contributed by atoms with Crippen molar-refractivity contribution in [2.45, 2.75) is 81.2 Å². The summed E-state index contributed by atoms with van der Waals surface area (Å²) in [6.45, 7) is 4.21. The Morgan fingerprint density at radius 3 is 2.48 bits per heavy atom. The van der Waals surface area contributed by atoms with E-state index in [1.165, 1.54) is 7.11 Å². The van der Waals surface area contributed by atoms with Crippen LogP contribution in [-0.2, 0) is 14.3 Å². The van der Waals surface area contributed by atoms with Crippen molar-refractivity contribution in [2.75, 3.05) is 13.7 Å². The second kappa shape index (κ2) is 9.22. The van der Waals surface area contributed by atoms with Crippen LogP contribution in [0, 0.1) is 40.4 Å². The number of rotatable bonds is 3. The highest BCUT2D eigenvalue weighted by Gasteiger charge is 2.64. The number of halogens is 3. The van der Waals surface area contributed by atoms with E-state index in [0.29, 0.717) is 24.2 Å². The Balaban J connectivity index is 1.65. The molecule has 4 fully saturated rings. The predicted molar refractivity (Wildman–Crippen MR) is 127 cm³/mol. The fourth-order valence-corrected chi connectivity index (χ4v) is 8.59. The molecular weight excluding hydrogens is 489 g/mol. The molecular formula is C24H36Cl3NO5. The first-order chi connectivity index (χ1) is 15.4. The minimum Gasteiger partial charge on any atom is -0.469 e. The molecule has 0 heterocycles. The Bertz CT molecular complexity index is 776. The highest BCUT2D eigenvalue weighted by molar-refractivity contribution is 6.67. The van der Waals surface area contributed by atoms with E-state index < -0.39 is 9.89 Å². The number of amides is 1. The van der Waals surface area contributed by atoms with Gasteiger partial charge in [0.2, 0.25) is 3.79 Å². The van der Waals surface area contributed by atoms with Gasteiger partial charge in [-0.05, 0) is 85.9 Å². The molecule has 0 saturated heterocycles. The first-order valence-corrected chi connectivity index (χ1v) is 13.3. The molecule has 0 bridgehead atoms. The molecule has 9 atom stereocenters. The van der Waals surface area contributed by atoms with Crippen LogP contribution < -0.4 is 5.32 Å². The molecule has 6 nitrogen and oxygen atoms in total. The maximum Gasteiger partial charge on any atom is 0.407 e. The molecule has 0 spiro atoms. The summed E-state index contributed by atoms with van der Waals surface area (Å²) in [5.74, 6) is 1.15. The predicted octanol–water partition coefficient (Wildman–Crippen LogP) is 5.25. The smallest absolute Gasteiger partial charge is 0.407 e. The lowest BCUT2D eigenvalue weighted by atomic mass is 9.43. The Morgan fingerprint density at radius 2 is 1.82 bits per heavy atom. The van der Waals surface area contributed by atoms with Crippen molar-refractivity contribution in [2.24, 2.45) is 40.4 Å². The lowest BCUT2D eigenvalue weighted by molar-refractivity contribution is -0.161. The summed E-state index contributed by atoms with van der Waals surface area (Å²) in [5, 5.41) is 13.5. The molecule has 1 amide bonds. The molecule has 9 heteroatoms. The van der Waals surface area contributed by atoms with E-state index in [1.54, 1.807) is 0 Å². The number of ether oxygens (including phenoxy) is 2. The Hall–Kier alpha value is -0.430. The van der Waals surface area contributed by atoms with Gasteiger partial charge in [-0.1, -0.05) is 48.7 Å². The molecule has 33 heavy (non-hydrogen) atoms. The average molecular weight is 525 g/mol. The van der Waals surface area contributed by atoms with Crippen molar-refractivity contribution in [1.29, 1.82) is 0 Å². The molecule has 4 rings (SSSR count). The third-order valence-electron chi connectivity index (χ3n) is 9.75. The fourth-order valence-electron chi connectivity index (χ4n) is 8.43. The number of fused-ring (bicyclic) bond motifs is 5. The van der Waals surface area contributed by atoms with Crippen LogP contribution in [0.1, 0.15) is 65.2 Å². The molecule has 0 unspecified atom stereocenters. The summed E-state index contributed by atoms with van der Waals surface area (Å²) in [5.41, 5.74) is -0.237. The van der Waals surface area contributed by atoms with Crippen LogP contribution in [0.2, 0.25) is 0 Å². The number of alkyl halides is 3. The van der Waals surface area contributed by atoms with Gasteiger partial charge < -0.3 is 19.9 Å². The van der Waals surface area contributed by atoms with Gasteiger partial charge in [-0.3, -0.25) is 4.79 Å². The van der Waals surface area contributed by atoms with E-state index in [9.17, 15) is 14.7 Å². The van der Waals surface area contributed by atoms with Gasteiger partial charge in [-0.2, -0.15) is 0 Å². The number of hydrogen-bond acceptors (Lipinski definition) is 5. The molecule has 0 radical (unpaired) electrons. The largest absolute Gasteiger partial charge is 0.469 e. The number of hydrogen-bond donors (Lipinski definition) is 2. The van der Waals surface area contributed by atoms with Crippen LogP contribution in [0.3, 0.4) is 0 Å². The molecule has 0 aromatic heterocycles. The molecule has 0 aliphatic heterocycles. The van der Waals surface area contributed by atoms with Crippen LogP contribution >= 0.6 is 34.8 Å². The molecule has 188 valence electrons. The number of aliphatic hydroxyl groups is 1. The summed E-state index contributed by atoms with van der Waals surface area (Å²) >= 11 is 17.3. The number of carbonyl (C=O) groups is 2. The summed E-state index contributed by atoms with van der Waals surface area (Å²) in [6, 6.07) is -0.160. The molecule has 0 aromatic carbocycles. The van der Waals surface area contributed by atoms with Crippen LogP contribution in [0.4, 0.5) is 4.79 Å². The summed E-state index contributed by atoms with van der Waals surface area (Å²) < 4.78 is 8.73. The summed E-state index contributed by atoms with van der Waals surface area (Å²) in [7, 11) is 1.45. The first-order valence-electron chi connectivity index (χ1n) is 12.1. The number of aliphatic hydroxyl groups excluding tert-OH is 1. The normalized spacial score (nSPS) is 44.8. The molecule has 4 saturated carbocycles. The number of esters is 1. The van der Waals surface area contributed by atoms with Crippen molar-refractivity contribution in [3.63, 3.8) is 0 Å². The van der Waals surface area contributed by atoms with E-state index in [2.05, 4.69) is 19.2 Å². The van der Waals surface area contributed by atoms with Crippen LogP contribution in [-0.4, -0.2) is 46.8 Å². The lowest BCUT2D eigenvalue weighted by Crippen LogP contribution is -2.63. The highest BCUT2D eigenvalue weighted by atomic mass is 35.6. The monoisotopic (exact) mass is 523 g/mol. The van der Waals surface area contributed by atoms with Gasteiger partial charge in [0.25, 0.3) is 0 Å². The SMILES string of the molecule is COC(=O)[C@H]1CC[C@H]2[C@@H]3CC[C@@H]4C[C@H](O)CC[C@]4(C)[C@H]3[C@H](NC(=O)OCC(Cl)(Cl)Cl)C[C@]12C. The zero-order valence-electron chi connectivity index (χ0n) is 19.6. The lowest BCUT2D eigenvalue weighted by Gasteiger charge is -2.63. The van der Waals surface area contributed by atoms with Gasteiger partial charge in [0.15, 0.2) is 0 Å². The van der Waals surface area contributed by atoms with Crippen molar-refractivity contribution in [3.05, 3.63) is 0 Å². The third kappa shape index (κ3) is 4.71. The van der Waals surface area contributed by atoms with Gasteiger partial charge in [-0.25, -0.2) is 4.79 Å². The van der Waals surface area contributed by atoms with Crippen molar-refractivity contribution < 1.29 is 24.2 Å². The standard InChI is InChI=1S/C24H36Cl3NO5/c1-22-9-8-14(29)10-13(22)4-5-15-16-6-7-17(20(30)32-3)23(16,2)11-18(19(15)22)28-21(31)33-12-24(25,26)27/h13-19,29H,4-12H2,1-3H3,(H,28,31)/t13-,14-,15+,16+,17-,18-,19-,22+,23+/m1/s1. The van der Waals surface area contributed by atoms with E-state index in [1.807, 2.05) is 0 Å². The van der Waals surface area contributed by atoms with Gasteiger partial charge in [0.05, 0.1) is 19.1 Å². The van der Waals surface area contributed by atoms with Crippen molar-refractivity contribution in [1.82, 2.24) is 5.32 Å². The topological polar surface area (TPSA) is 84.9 Å². The van der Waals surface area contributed by atoms with Crippen LogP contribution in [0.5, 0.6) is 0 Å². The van der Waals surface area contributed by atoms with Crippen LogP contribution in [0.25, 0.3) is 0 Å². The highest BCUT2D eigenvalue weighted by Crippen LogP contribution is 2.67. The molecule has 0 aromatic rings. The maximum absolute atomic E-state index is 12.8. The Labute approximate surface area is 211 Å². The van der Waals surface area contributed by atoms with Crippen molar-refractivity contribution >= 4 is 46.9 Å². The number of methoxy groups -OCH3 is 1. The zero-order valence-corrected chi connectivity index (χ0v) is 21.9. The zero-order chi connectivity index (χ0) is 24.2. The van der Waals surface area contributed by atoms with E-state index in [0.717, 1.165) is 44.9 Å². The minimum absolute atomic E-state index is 0.0139. The molecule has 4 aliphatic rings. The quantitative estimate of drug-likeness (QED) is 0.389. The summed E-state index contributed by atoms with van der Waals surface area (Å²) in [6.07, 6.45) is 6.33.